The zero-order chi connectivity index (χ0) is 10.8. The van der Waals surface area contributed by atoms with E-state index in [9.17, 15) is 0 Å². The Morgan fingerprint density at radius 2 is 1.07 bits per heavy atom. The van der Waals surface area contributed by atoms with E-state index in [1.807, 2.05) is 67.6 Å². The molecule has 15 heavy (non-hydrogen) atoms. The van der Waals surface area contributed by atoms with Crippen molar-refractivity contribution >= 4 is 6.08 Å². The van der Waals surface area contributed by atoms with Crippen LogP contribution in [0.2, 0.25) is 0 Å². The standard InChI is InChI=1S/C9H10.C6H6/c1-2-6-9-7-4-3-5-8-9;1-2-4-6-5-3-1/h2-8H,1H3;1-6H/b6-2+;. The quantitative estimate of drug-likeness (QED) is 0.634. The van der Waals surface area contributed by atoms with Gasteiger partial charge in [0.05, 0.1) is 0 Å². The van der Waals surface area contributed by atoms with Crippen LogP contribution in [0.1, 0.15) is 12.5 Å². The molecule has 0 bridgehead atoms. The predicted octanol–water partition coefficient (Wildman–Crippen LogP) is 4.41. The van der Waals surface area contributed by atoms with Gasteiger partial charge in [-0.15, -0.1) is 0 Å². The van der Waals surface area contributed by atoms with E-state index in [-0.39, 0.29) is 0 Å². The molecule has 0 amide bonds. The van der Waals surface area contributed by atoms with E-state index in [0.29, 0.717) is 0 Å². The predicted molar refractivity (Wildman–Crippen MR) is 67.6 cm³/mol. The molecule has 0 nitrogen and oxygen atoms in total. The second kappa shape index (κ2) is 7.57. The molecular formula is C15H16. The molecule has 0 atom stereocenters. The first-order valence-corrected chi connectivity index (χ1v) is 5.11. The molecule has 0 aromatic heterocycles. The lowest BCUT2D eigenvalue weighted by Gasteiger charge is -1.86. The van der Waals surface area contributed by atoms with Crippen LogP contribution in [0.5, 0.6) is 0 Å². The summed E-state index contributed by atoms with van der Waals surface area (Å²) in [5.74, 6) is 0. The molecule has 0 fully saturated rings. The number of benzene rings is 2. The first-order valence-electron chi connectivity index (χ1n) is 5.11. The highest BCUT2D eigenvalue weighted by Gasteiger charge is 1.77. The molecule has 0 radical (unpaired) electrons. The van der Waals surface area contributed by atoms with Crippen molar-refractivity contribution < 1.29 is 0 Å². The van der Waals surface area contributed by atoms with Crippen LogP contribution in [0.25, 0.3) is 6.08 Å². The van der Waals surface area contributed by atoms with Crippen molar-refractivity contribution in [3.05, 3.63) is 78.4 Å². The smallest absolute Gasteiger partial charge is 0.0260 e. The van der Waals surface area contributed by atoms with Crippen LogP contribution in [0.3, 0.4) is 0 Å². The van der Waals surface area contributed by atoms with Crippen LogP contribution in [-0.4, -0.2) is 0 Å². The number of rotatable bonds is 1. The van der Waals surface area contributed by atoms with Crippen molar-refractivity contribution in [2.75, 3.05) is 0 Å². The van der Waals surface area contributed by atoms with E-state index in [1.165, 1.54) is 5.56 Å². The van der Waals surface area contributed by atoms with Crippen molar-refractivity contribution in [3.8, 4) is 0 Å². The molecule has 2 aromatic rings. The van der Waals surface area contributed by atoms with Gasteiger partial charge in [-0.1, -0.05) is 78.9 Å². The van der Waals surface area contributed by atoms with Gasteiger partial charge in [0.15, 0.2) is 0 Å². The molecule has 0 N–H and O–H groups in total. The summed E-state index contributed by atoms with van der Waals surface area (Å²) in [6.07, 6.45) is 4.12. The highest BCUT2D eigenvalue weighted by Crippen LogP contribution is 1.99. The first kappa shape index (κ1) is 11.3. The minimum atomic E-state index is 1.26. The van der Waals surface area contributed by atoms with Gasteiger partial charge in [0, 0.05) is 0 Å². The number of hydrogen-bond acceptors (Lipinski definition) is 0. The third kappa shape index (κ3) is 5.48. The SMILES string of the molecule is C/C=C/c1ccccc1.c1ccccc1. The summed E-state index contributed by atoms with van der Waals surface area (Å²) in [5.41, 5.74) is 1.26. The summed E-state index contributed by atoms with van der Waals surface area (Å²) < 4.78 is 0. The summed E-state index contributed by atoms with van der Waals surface area (Å²) >= 11 is 0. The molecule has 0 saturated heterocycles. The van der Waals surface area contributed by atoms with Gasteiger partial charge in [0.2, 0.25) is 0 Å². The Bertz CT molecular complexity index is 333. The lowest BCUT2D eigenvalue weighted by atomic mass is 10.2. The van der Waals surface area contributed by atoms with Crippen molar-refractivity contribution in [3.63, 3.8) is 0 Å². The molecular weight excluding hydrogens is 180 g/mol. The van der Waals surface area contributed by atoms with Crippen LogP contribution in [0.15, 0.2) is 72.8 Å². The highest BCUT2D eigenvalue weighted by atomic mass is 13.8. The second-order valence-electron chi connectivity index (χ2n) is 3.07. The van der Waals surface area contributed by atoms with Gasteiger partial charge in [0.25, 0.3) is 0 Å². The van der Waals surface area contributed by atoms with Crippen molar-refractivity contribution in [1.82, 2.24) is 0 Å². The fraction of sp³-hybridized carbons (Fsp3) is 0.0667. The molecule has 0 aliphatic heterocycles. The molecule has 0 heterocycles. The fourth-order valence-corrected chi connectivity index (χ4v) is 1.14. The van der Waals surface area contributed by atoms with Gasteiger partial charge in [-0.2, -0.15) is 0 Å². The Balaban J connectivity index is 0.000000162. The van der Waals surface area contributed by atoms with Crippen molar-refractivity contribution in [2.45, 2.75) is 6.92 Å². The molecule has 0 aliphatic rings. The number of allylic oxidation sites excluding steroid dienone is 1. The summed E-state index contributed by atoms with van der Waals surface area (Å²) in [4.78, 5) is 0. The van der Waals surface area contributed by atoms with Crippen molar-refractivity contribution in [2.24, 2.45) is 0 Å². The van der Waals surface area contributed by atoms with Crippen LogP contribution in [-0.2, 0) is 0 Å². The topological polar surface area (TPSA) is 0 Å². The van der Waals surface area contributed by atoms with E-state index < -0.39 is 0 Å². The summed E-state index contributed by atoms with van der Waals surface area (Å²) in [7, 11) is 0. The summed E-state index contributed by atoms with van der Waals surface area (Å²) in [6.45, 7) is 2.02. The second-order valence-corrected chi connectivity index (χ2v) is 3.07. The molecule has 0 heteroatoms. The van der Waals surface area contributed by atoms with Gasteiger partial charge in [-0.05, 0) is 12.5 Å². The van der Waals surface area contributed by atoms with E-state index in [1.54, 1.807) is 0 Å². The van der Waals surface area contributed by atoms with Gasteiger partial charge in [0.1, 0.15) is 0 Å². The maximum absolute atomic E-state index is 2.08. The Hall–Kier alpha value is -1.82. The highest BCUT2D eigenvalue weighted by molar-refractivity contribution is 5.47. The Morgan fingerprint density at radius 1 is 0.667 bits per heavy atom. The summed E-state index contributed by atoms with van der Waals surface area (Å²) in [5, 5.41) is 0. The minimum absolute atomic E-state index is 1.26. The molecule has 2 rings (SSSR count). The van der Waals surface area contributed by atoms with Crippen LogP contribution in [0.4, 0.5) is 0 Å². The van der Waals surface area contributed by atoms with Gasteiger partial charge < -0.3 is 0 Å². The van der Waals surface area contributed by atoms with Crippen LogP contribution in [0, 0.1) is 0 Å². The maximum atomic E-state index is 2.08. The lowest BCUT2D eigenvalue weighted by molar-refractivity contribution is 1.64. The molecule has 76 valence electrons. The molecule has 0 spiro atoms. The largest absolute Gasteiger partial charge is 0.0871 e. The zero-order valence-corrected chi connectivity index (χ0v) is 9.01. The van der Waals surface area contributed by atoms with Gasteiger partial charge in [-0.3, -0.25) is 0 Å². The normalized spacial score (nSPS) is 9.40. The Kier molecular flexibility index (Phi) is 5.68. The Morgan fingerprint density at radius 3 is 1.47 bits per heavy atom. The van der Waals surface area contributed by atoms with E-state index in [0.717, 1.165) is 0 Å². The first-order chi connectivity index (χ1) is 7.43. The van der Waals surface area contributed by atoms with Gasteiger partial charge in [-0.25, -0.2) is 0 Å². The molecule has 2 aromatic carbocycles. The number of hydrogen-bond donors (Lipinski definition) is 0. The molecule has 0 aliphatic carbocycles. The maximum Gasteiger partial charge on any atom is -0.0260 e. The van der Waals surface area contributed by atoms with E-state index in [4.69, 9.17) is 0 Å². The lowest BCUT2D eigenvalue weighted by Crippen LogP contribution is -1.65. The average molecular weight is 196 g/mol. The third-order valence-electron chi connectivity index (χ3n) is 1.83. The van der Waals surface area contributed by atoms with Crippen LogP contribution >= 0.6 is 0 Å². The fourth-order valence-electron chi connectivity index (χ4n) is 1.14. The minimum Gasteiger partial charge on any atom is -0.0871 e. The summed E-state index contributed by atoms with van der Waals surface area (Å²) in [6, 6.07) is 22.3. The van der Waals surface area contributed by atoms with E-state index in [2.05, 4.69) is 18.2 Å². The average Bonchev–Trinajstić information content (AvgIpc) is 2.34. The van der Waals surface area contributed by atoms with Gasteiger partial charge >= 0.3 is 0 Å². The molecule has 0 unspecified atom stereocenters. The van der Waals surface area contributed by atoms with Crippen LogP contribution < -0.4 is 0 Å². The molecule has 0 saturated carbocycles. The van der Waals surface area contributed by atoms with E-state index >= 15 is 0 Å². The Labute approximate surface area is 91.9 Å². The van der Waals surface area contributed by atoms with Crippen molar-refractivity contribution in [1.29, 1.82) is 0 Å². The third-order valence-corrected chi connectivity index (χ3v) is 1.83. The zero-order valence-electron chi connectivity index (χ0n) is 9.01. The monoisotopic (exact) mass is 196 g/mol.